The molecule has 0 aromatic heterocycles. The van der Waals surface area contributed by atoms with E-state index in [0.717, 1.165) is 6.42 Å². The molecule has 194 valence electrons. The van der Waals surface area contributed by atoms with E-state index < -0.39 is 17.4 Å². The Labute approximate surface area is 224 Å². The zero-order valence-corrected chi connectivity index (χ0v) is 28.7. The molecule has 2 aromatic carbocycles. The van der Waals surface area contributed by atoms with Crippen molar-refractivity contribution in [2.45, 2.75) is 101 Å². The van der Waals surface area contributed by atoms with Crippen LogP contribution in [0.15, 0.2) is 51.8 Å². The van der Waals surface area contributed by atoms with Gasteiger partial charge in [-0.05, 0) is 0 Å². The second-order valence-electron chi connectivity index (χ2n) is 15.0. The van der Waals surface area contributed by atoms with E-state index in [0.29, 0.717) is 11.8 Å². The van der Waals surface area contributed by atoms with E-state index in [1.54, 1.807) is 16.7 Å². The third-order valence-electron chi connectivity index (χ3n) is 8.82. The van der Waals surface area contributed by atoms with Crippen molar-refractivity contribution in [3.8, 4) is 11.1 Å². The molecular weight excluding hydrogens is 528 g/mol. The van der Waals surface area contributed by atoms with Crippen molar-refractivity contribution in [2.24, 2.45) is 11.8 Å². The van der Waals surface area contributed by atoms with Crippen LogP contribution in [0.4, 0.5) is 0 Å². The van der Waals surface area contributed by atoms with Crippen molar-refractivity contribution < 1.29 is 17.4 Å². The van der Waals surface area contributed by atoms with Crippen molar-refractivity contribution >= 4 is 10.2 Å². The first-order valence-corrected chi connectivity index (χ1v) is 26.1. The average Bonchev–Trinajstić information content (AvgIpc) is 3.38. The van der Waals surface area contributed by atoms with Gasteiger partial charge in [0.25, 0.3) is 0 Å². The van der Waals surface area contributed by atoms with E-state index in [1.165, 1.54) is 31.4 Å². The number of allylic oxidation sites excluding steroid dienone is 4. The Kier molecular flexibility index (Phi) is 7.27. The summed E-state index contributed by atoms with van der Waals surface area (Å²) in [5.74, 6) is 1.40. The fourth-order valence-corrected chi connectivity index (χ4v) is 40.0. The van der Waals surface area contributed by atoms with Gasteiger partial charge in [0.1, 0.15) is 0 Å². The van der Waals surface area contributed by atoms with Crippen LogP contribution in [0.2, 0.25) is 8.26 Å². The quantitative estimate of drug-likeness (QED) is 0.257. The molecule has 36 heavy (non-hydrogen) atoms. The Bertz CT molecular complexity index is 1290. The number of fused-ring (bicyclic) bond motifs is 3. The molecule has 0 saturated carbocycles. The molecule has 0 aliphatic heterocycles. The molecule has 0 unspecified atom stereocenters. The first-order chi connectivity index (χ1) is 16.5. The van der Waals surface area contributed by atoms with Gasteiger partial charge in [0.05, 0.1) is 0 Å². The Morgan fingerprint density at radius 3 is 1.94 bits per heavy atom. The third-order valence-corrected chi connectivity index (χ3v) is 35.5. The molecule has 2 aromatic rings. The number of rotatable bonds is 6. The van der Waals surface area contributed by atoms with E-state index in [-0.39, 0.29) is 10.8 Å². The Balaban J connectivity index is 2.11. The van der Waals surface area contributed by atoms with Gasteiger partial charge in [-0.2, -0.15) is 0 Å². The van der Waals surface area contributed by atoms with Crippen LogP contribution in [0.3, 0.4) is 0 Å². The van der Waals surface area contributed by atoms with Gasteiger partial charge in [0.15, 0.2) is 0 Å². The molecule has 0 fully saturated rings. The summed E-state index contributed by atoms with van der Waals surface area (Å²) < 4.78 is 6.50. The second kappa shape index (κ2) is 9.34. The topological polar surface area (TPSA) is 0 Å². The predicted molar refractivity (Wildman–Crippen MR) is 161 cm³/mol. The van der Waals surface area contributed by atoms with Crippen molar-refractivity contribution in [2.75, 3.05) is 0 Å². The summed E-state index contributed by atoms with van der Waals surface area (Å²) in [6.07, 6.45) is 9.63. The molecule has 0 radical (unpaired) electrons. The minimum atomic E-state index is -3.71. The molecule has 2 aliphatic rings. The van der Waals surface area contributed by atoms with Gasteiger partial charge >= 0.3 is 226 Å². The molecule has 0 heterocycles. The van der Waals surface area contributed by atoms with Crippen molar-refractivity contribution in [1.82, 2.24) is 0 Å². The summed E-state index contributed by atoms with van der Waals surface area (Å²) >= 11 is -3.71. The number of hydrogen-bond donors (Lipinski definition) is 0. The van der Waals surface area contributed by atoms with Crippen LogP contribution in [-0.4, -0.2) is 6.88 Å². The van der Waals surface area contributed by atoms with E-state index in [1.807, 2.05) is 6.55 Å². The Morgan fingerprint density at radius 2 is 1.44 bits per heavy atom. The van der Waals surface area contributed by atoms with E-state index in [4.69, 9.17) is 0 Å². The molecule has 0 saturated heterocycles. The van der Waals surface area contributed by atoms with Crippen molar-refractivity contribution in [1.29, 1.82) is 0 Å². The normalized spacial score (nSPS) is 16.1. The van der Waals surface area contributed by atoms with Gasteiger partial charge in [0, 0.05) is 0 Å². The molecule has 4 rings (SSSR count). The van der Waals surface area contributed by atoms with E-state index in [9.17, 15) is 0 Å². The minimum absolute atomic E-state index is 0.131. The zero-order valence-electron chi connectivity index (χ0n) is 24.8. The maximum absolute atomic E-state index is 3.71. The SMILES string of the molecule is CC(C)[CH2][Zr](=[SiH2])([CH2]C(C)C)([C]1=CC=CC1)[c]1c(C(C)(C)C)ccc2c1Cc1cc(C(C)(C)C)ccc1-2. The monoisotopic (exact) mass is 576 g/mol. The summed E-state index contributed by atoms with van der Waals surface area (Å²) in [5, 5.41) is 0. The number of benzene rings is 2. The molecule has 0 nitrogen and oxygen atoms in total. The molecule has 2 heteroatoms. The molecule has 2 aliphatic carbocycles. The fraction of sp³-hybridized carbons (Fsp3) is 0.529. The maximum atomic E-state index is 2.56. The van der Waals surface area contributed by atoms with Crippen LogP contribution in [0.5, 0.6) is 0 Å². The molecule has 0 amide bonds. The van der Waals surface area contributed by atoms with Gasteiger partial charge in [-0.1, -0.05) is 0 Å². The Hall–Kier alpha value is -0.980. The number of hydrogen-bond acceptors (Lipinski definition) is 0. The van der Waals surface area contributed by atoms with Crippen LogP contribution < -0.4 is 3.27 Å². The van der Waals surface area contributed by atoms with Crippen molar-refractivity contribution in [3.63, 3.8) is 0 Å². The van der Waals surface area contributed by atoms with E-state index >= 15 is 0 Å². The van der Waals surface area contributed by atoms with Crippen LogP contribution >= 0.6 is 0 Å². The molecular formula is C34H50SiZr. The average molecular weight is 578 g/mol. The summed E-state index contributed by atoms with van der Waals surface area (Å²) in [4.78, 5) is 0. The first kappa shape index (κ1) is 28.0. The molecule has 0 N–H and O–H groups in total. The van der Waals surface area contributed by atoms with E-state index in [2.05, 4.69) is 125 Å². The van der Waals surface area contributed by atoms with Crippen LogP contribution in [0, 0.1) is 11.8 Å². The third kappa shape index (κ3) is 4.80. The molecule has 0 spiro atoms. The van der Waals surface area contributed by atoms with Gasteiger partial charge < -0.3 is 0 Å². The molecule has 0 atom stereocenters. The van der Waals surface area contributed by atoms with Gasteiger partial charge in [-0.25, -0.2) is 0 Å². The second-order valence-corrected chi connectivity index (χ2v) is 39.4. The molecule has 0 bridgehead atoms. The summed E-state index contributed by atoms with van der Waals surface area (Å²) in [6, 6.07) is 12.4. The van der Waals surface area contributed by atoms with Crippen LogP contribution in [-0.2, 0) is 34.6 Å². The van der Waals surface area contributed by atoms with Gasteiger partial charge in [-0.3, -0.25) is 0 Å². The summed E-state index contributed by atoms with van der Waals surface area (Å²) in [6.45, 7) is 26.9. The predicted octanol–water partition coefficient (Wildman–Crippen LogP) is 8.71. The summed E-state index contributed by atoms with van der Waals surface area (Å²) in [5.41, 5.74) is 9.66. The Morgan fingerprint density at radius 1 is 0.833 bits per heavy atom. The van der Waals surface area contributed by atoms with Crippen molar-refractivity contribution in [3.05, 3.63) is 74.1 Å². The van der Waals surface area contributed by atoms with Crippen LogP contribution in [0.1, 0.15) is 97.9 Å². The van der Waals surface area contributed by atoms with Gasteiger partial charge in [-0.15, -0.1) is 0 Å². The van der Waals surface area contributed by atoms with Gasteiger partial charge in [0.2, 0.25) is 0 Å². The fourth-order valence-electron chi connectivity index (χ4n) is 7.73. The standard InChI is InChI=1S/C21H25.C5H5.2C4H9.H2Si.Zr/c1-20(2,3)16-7-9-18-14(12-16)11-15-13-17(21(4,5)6)8-10-19(15)18;1-2-4-5-3-1;2*1-4(2)3;;/h7-10,12H,11H2,1-6H3;1-3H,4H2;2*4H,1H2,2-3H3;1H2;. The first-order valence-electron chi connectivity index (χ1n) is 14.3. The zero-order chi connectivity index (χ0) is 26.7. The van der Waals surface area contributed by atoms with Crippen LogP contribution in [0.25, 0.3) is 11.1 Å². The summed E-state index contributed by atoms with van der Waals surface area (Å²) in [7, 11) is 0.